The van der Waals surface area contributed by atoms with Gasteiger partial charge >= 0.3 is 0 Å². The third-order valence-electron chi connectivity index (χ3n) is 3.57. The SMILES string of the molecule is COc1ccc(C(=O)c2cc(OC)c(OC)c(OC)c2)c([N+](=O)[O-])c1. The lowest BCUT2D eigenvalue weighted by atomic mass is 10.0. The fourth-order valence-corrected chi connectivity index (χ4v) is 2.35. The van der Waals surface area contributed by atoms with Crippen LogP contribution in [0.1, 0.15) is 15.9 Å². The van der Waals surface area contributed by atoms with E-state index in [1.807, 2.05) is 0 Å². The molecule has 0 saturated heterocycles. The maximum Gasteiger partial charge on any atom is 0.284 e. The highest BCUT2D eigenvalue weighted by atomic mass is 16.6. The van der Waals surface area contributed by atoms with Gasteiger partial charge in [0.2, 0.25) is 5.75 Å². The summed E-state index contributed by atoms with van der Waals surface area (Å²) in [5, 5.41) is 11.3. The van der Waals surface area contributed by atoms with Crippen molar-refractivity contribution in [1.82, 2.24) is 0 Å². The number of benzene rings is 2. The molecule has 2 aromatic rings. The maximum absolute atomic E-state index is 12.8. The predicted molar refractivity (Wildman–Crippen MR) is 89.2 cm³/mol. The minimum atomic E-state index is -0.631. The number of carbonyl (C=O) groups excluding carboxylic acids is 1. The molecule has 2 rings (SSSR count). The van der Waals surface area contributed by atoms with Crippen LogP contribution in [0.3, 0.4) is 0 Å². The summed E-state index contributed by atoms with van der Waals surface area (Å²) in [4.78, 5) is 23.5. The fourth-order valence-electron chi connectivity index (χ4n) is 2.35. The van der Waals surface area contributed by atoms with Crippen LogP contribution in [0.15, 0.2) is 30.3 Å². The fraction of sp³-hybridized carbons (Fsp3) is 0.235. The Kier molecular flexibility index (Phi) is 5.43. The number of hydrogen-bond donors (Lipinski definition) is 0. The average molecular weight is 347 g/mol. The van der Waals surface area contributed by atoms with Gasteiger partial charge in [-0.05, 0) is 24.3 Å². The third kappa shape index (κ3) is 3.47. The number of hydrogen-bond acceptors (Lipinski definition) is 7. The lowest BCUT2D eigenvalue weighted by Gasteiger charge is -2.14. The van der Waals surface area contributed by atoms with Crippen LogP contribution in [0.25, 0.3) is 0 Å². The summed E-state index contributed by atoms with van der Waals surface area (Å²) in [5.41, 5.74) is -0.249. The first-order chi connectivity index (χ1) is 12.0. The van der Waals surface area contributed by atoms with Crippen LogP contribution in [0.5, 0.6) is 23.0 Å². The molecule has 0 spiro atoms. The van der Waals surface area contributed by atoms with Crippen LogP contribution in [0.2, 0.25) is 0 Å². The molecule has 0 radical (unpaired) electrons. The summed E-state index contributed by atoms with van der Waals surface area (Å²) >= 11 is 0. The zero-order chi connectivity index (χ0) is 18.6. The summed E-state index contributed by atoms with van der Waals surface area (Å²) in [7, 11) is 5.67. The molecule has 0 atom stereocenters. The van der Waals surface area contributed by atoms with Crippen LogP contribution in [-0.2, 0) is 0 Å². The summed E-state index contributed by atoms with van der Waals surface area (Å²) in [6.45, 7) is 0. The molecule has 0 unspecified atom stereocenters. The molecule has 0 amide bonds. The van der Waals surface area contributed by atoms with Gasteiger partial charge in [0.1, 0.15) is 11.3 Å². The zero-order valence-electron chi connectivity index (χ0n) is 14.2. The first-order valence-corrected chi connectivity index (χ1v) is 7.14. The van der Waals surface area contributed by atoms with Crippen molar-refractivity contribution >= 4 is 11.5 Å². The highest BCUT2D eigenvalue weighted by molar-refractivity contribution is 6.12. The van der Waals surface area contributed by atoms with Gasteiger partial charge in [-0.15, -0.1) is 0 Å². The van der Waals surface area contributed by atoms with Gasteiger partial charge in [0.15, 0.2) is 17.3 Å². The summed E-state index contributed by atoms with van der Waals surface area (Å²) in [5.74, 6) is 0.621. The number of ketones is 1. The minimum Gasteiger partial charge on any atom is -0.497 e. The smallest absolute Gasteiger partial charge is 0.284 e. The summed E-state index contributed by atoms with van der Waals surface area (Å²) < 4.78 is 20.6. The maximum atomic E-state index is 12.8. The second-order valence-corrected chi connectivity index (χ2v) is 4.88. The van der Waals surface area contributed by atoms with E-state index in [4.69, 9.17) is 18.9 Å². The van der Waals surface area contributed by atoms with E-state index in [0.717, 1.165) is 0 Å². The van der Waals surface area contributed by atoms with Crippen molar-refractivity contribution < 1.29 is 28.7 Å². The van der Waals surface area contributed by atoms with E-state index in [0.29, 0.717) is 5.75 Å². The van der Waals surface area contributed by atoms with Gasteiger partial charge in [0.25, 0.3) is 5.69 Å². The van der Waals surface area contributed by atoms with Crippen LogP contribution >= 0.6 is 0 Å². The molecule has 0 aliphatic carbocycles. The van der Waals surface area contributed by atoms with Gasteiger partial charge in [0.05, 0.1) is 39.4 Å². The molecule has 132 valence electrons. The molecule has 8 heteroatoms. The van der Waals surface area contributed by atoms with Crippen LogP contribution in [0.4, 0.5) is 5.69 Å². The number of ether oxygens (including phenoxy) is 4. The highest BCUT2D eigenvalue weighted by Crippen LogP contribution is 2.39. The third-order valence-corrected chi connectivity index (χ3v) is 3.57. The number of rotatable bonds is 7. The molecule has 0 aliphatic rings. The van der Waals surface area contributed by atoms with Gasteiger partial charge in [-0.3, -0.25) is 14.9 Å². The summed E-state index contributed by atoms with van der Waals surface area (Å²) in [6, 6.07) is 6.92. The van der Waals surface area contributed by atoms with E-state index >= 15 is 0 Å². The van der Waals surface area contributed by atoms with E-state index in [-0.39, 0.29) is 34.1 Å². The van der Waals surface area contributed by atoms with Crippen molar-refractivity contribution in [2.45, 2.75) is 0 Å². The second-order valence-electron chi connectivity index (χ2n) is 4.88. The van der Waals surface area contributed by atoms with Crippen molar-refractivity contribution in [2.75, 3.05) is 28.4 Å². The first-order valence-electron chi connectivity index (χ1n) is 7.14. The van der Waals surface area contributed by atoms with E-state index in [2.05, 4.69) is 0 Å². The highest BCUT2D eigenvalue weighted by Gasteiger charge is 2.25. The molecule has 0 saturated carbocycles. The Balaban J connectivity index is 2.60. The topological polar surface area (TPSA) is 97.1 Å². The molecule has 0 N–H and O–H groups in total. The van der Waals surface area contributed by atoms with Crippen molar-refractivity contribution in [1.29, 1.82) is 0 Å². The molecular formula is C17H17NO7. The average Bonchev–Trinajstić information content (AvgIpc) is 2.65. The van der Waals surface area contributed by atoms with Crippen LogP contribution in [0, 0.1) is 10.1 Å². The Morgan fingerprint density at radius 2 is 1.52 bits per heavy atom. The van der Waals surface area contributed by atoms with Crippen molar-refractivity contribution in [3.63, 3.8) is 0 Å². The van der Waals surface area contributed by atoms with E-state index in [1.54, 1.807) is 0 Å². The molecule has 0 aliphatic heterocycles. The number of nitrogens with zero attached hydrogens (tertiary/aromatic N) is 1. The van der Waals surface area contributed by atoms with Gasteiger partial charge in [-0.1, -0.05) is 0 Å². The lowest BCUT2D eigenvalue weighted by molar-refractivity contribution is -0.385. The van der Waals surface area contributed by atoms with Crippen LogP contribution < -0.4 is 18.9 Å². The van der Waals surface area contributed by atoms with E-state index in [1.165, 1.54) is 58.8 Å². The minimum absolute atomic E-state index is 0.0694. The number of carbonyl (C=O) groups is 1. The van der Waals surface area contributed by atoms with E-state index < -0.39 is 10.7 Å². The first kappa shape index (κ1) is 18.1. The predicted octanol–water partition coefficient (Wildman–Crippen LogP) is 2.86. The monoisotopic (exact) mass is 347 g/mol. The normalized spacial score (nSPS) is 10.1. The molecule has 0 heterocycles. The van der Waals surface area contributed by atoms with E-state index in [9.17, 15) is 14.9 Å². The lowest BCUT2D eigenvalue weighted by Crippen LogP contribution is -2.07. The molecule has 0 bridgehead atoms. The van der Waals surface area contributed by atoms with Gasteiger partial charge in [-0.2, -0.15) is 0 Å². The van der Waals surface area contributed by atoms with Gasteiger partial charge in [0, 0.05) is 5.56 Å². The zero-order valence-corrected chi connectivity index (χ0v) is 14.2. The molecule has 2 aromatic carbocycles. The Morgan fingerprint density at radius 3 is 1.96 bits per heavy atom. The molecule has 0 aromatic heterocycles. The van der Waals surface area contributed by atoms with Crippen molar-refractivity contribution in [2.24, 2.45) is 0 Å². The van der Waals surface area contributed by atoms with Gasteiger partial charge < -0.3 is 18.9 Å². The summed E-state index contributed by atoms with van der Waals surface area (Å²) in [6.07, 6.45) is 0. The number of nitro benzene ring substituents is 1. The Bertz CT molecular complexity index is 792. The molecule has 25 heavy (non-hydrogen) atoms. The molecule has 8 nitrogen and oxygen atoms in total. The Morgan fingerprint density at radius 1 is 0.920 bits per heavy atom. The van der Waals surface area contributed by atoms with Crippen molar-refractivity contribution in [3.05, 3.63) is 51.6 Å². The van der Waals surface area contributed by atoms with Crippen molar-refractivity contribution in [3.8, 4) is 23.0 Å². The molecule has 0 fully saturated rings. The van der Waals surface area contributed by atoms with Crippen LogP contribution in [-0.4, -0.2) is 39.1 Å². The second kappa shape index (κ2) is 7.52. The van der Waals surface area contributed by atoms with Gasteiger partial charge in [-0.25, -0.2) is 0 Å². The Labute approximate surface area is 144 Å². The Hall–Kier alpha value is -3.29. The number of methoxy groups -OCH3 is 4. The molecular weight excluding hydrogens is 330 g/mol. The quantitative estimate of drug-likeness (QED) is 0.431. The standard InChI is InChI=1S/C17H17NO7/c1-22-11-5-6-12(13(9-11)18(20)21)16(19)10-7-14(23-2)17(25-4)15(8-10)24-3/h5-9H,1-4H3. The largest absolute Gasteiger partial charge is 0.497 e. The number of nitro groups is 1.